The molecule has 0 saturated heterocycles. The van der Waals surface area contributed by atoms with E-state index in [1.54, 1.807) is 0 Å². The van der Waals surface area contributed by atoms with Gasteiger partial charge in [-0.3, -0.25) is 0 Å². The van der Waals surface area contributed by atoms with E-state index in [1.807, 2.05) is 19.3 Å². The summed E-state index contributed by atoms with van der Waals surface area (Å²) < 4.78 is 0. The average Bonchev–Trinajstić information content (AvgIpc) is 1.67. The van der Waals surface area contributed by atoms with E-state index in [0.29, 0.717) is 6.54 Å². The van der Waals surface area contributed by atoms with Crippen LogP contribution in [0.15, 0.2) is 0 Å². The highest BCUT2D eigenvalue weighted by atomic mass is 16.5. The third-order valence-electron chi connectivity index (χ3n) is 1.29. The van der Waals surface area contributed by atoms with Gasteiger partial charge in [0.25, 0.3) is 0 Å². The first-order valence-electron chi connectivity index (χ1n) is 2.78. The molecular formula is C5H14N2O. The van der Waals surface area contributed by atoms with Crippen molar-refractivity contribution in [3.63, 3.8) is 0 Å². The molecule has 3 nitrogen and oxygen atoms in total. The second kappa shape index (κ2) is 3.02. The molecule has 0 aromatic rings. The van der Waals surface area contributed by atoms with Crippen LogP contribution in [0.4, 0.5) is 0 Å². The summed E-state index contributed by atoms with van der Waals surface area (Å²) in [5, 5.41) is 8.20. The fourth-order valence-electron chi connectivity index (χ4n) is 0.306. The molecule has 0 heterocycles. The Kier molecular flexibility index (Phi) is 2.97. The zero-order valence-corrected chi connectivity index (χ0v) is 5.44. The smallest absolute Gasteiger partial charge is 0.0385 e. The Morgan fingerprint density at radius 3 is 2.38 bits per heavy atom. The Morgan fingerprint density at radius 1 is 1.75 bits per heavy atom. The summed E-state index contributed by atoms with van der Waals surface area (Å²) in [7, 11) is 0. The molecular weight excluding hydrogens is 104 g/mol. The van der Waals surface area contributed by atoms with E-state index < -0.39 is 0 Å². The maximum Gasteiger partial charge on any atom is 0.0385 e. The number of nitrogens with one attached hydrogen (secondary N) is 1. The molecule has 0 rings (SSSR count). The van der Waals surface area contributed by atoms with E-state index >= 15 is 0 Å². The Bertz CT molecular complexity index is 63.4. The molecule has 1 unspecified atom stereocenters. The Hall–Kier alpha value is -0.120. The molecule has 0 aromatic heterocycles. The summed E-state index contributed by atoms with van der Waals surface area (Å²) in [6.45, 7) is 4.32. The topological polar surface area (TPSA) is 58.3 Å². The largest absolute Gasteiger partial charge is 0.324 e. The normalized spacial score (nSPS) is 18.0. The van der Waals surface area contributed by atoms with Crippen molar-refractivity contribution in [2.45, 2.75) is 25.8 Å². The molecule has 0 bridgehead atoms. The van der Waals surface area contributed by atoms with Gasteiger partial charge in [0.2, 0.25) is 0 Å². The van der Waals surface area contributed by atoms with E-state index in [2.05, 4.69) is 0 Å². The van der Waals surface area contributed by atoms with E-state index in [-0.39, 0.29) is 5.54 Å². The van der Waals surface area contributed by atoms with Gasteiger partial charge in [-0.05, 0) is 13.3 Å². The Labute approximate surface area is 49.8 Å². The predicted molar refractivity (Wildman–Crippen MR) is 32.7 cm³/mol. The zero-order valence-electron chi connectivity index (χ0n) is 5.44. The number of hydrogen-bond acceptors (Lipinski definition) is 3. The lowest BCUT2D eigenvalue weighted by molar-refractivity contribution is 0.142. The van der Waals surface area contributed by atoms with Crippen molar-refractivity contribution < 1.29 is 5.21 Å². The van der Waals surface area contributed by atoms with Gasteiger partial charge >= 0.3 is 0 Å². The van der Waals surface area contributed by atoms with Crippen molar-refractivity contribution in [2.24, 2.45) is 5.73 Å². The van der Waals surface area contributed by atoms with Crippen LogP contribution in [0.5, 0.6) is 0 Å². The van der Waals surface area contributed by atoms with E-state index in [0.717, 1.165) is 6.42 Å². The monoisotopic (exact) mass is 118 g/mol. The predicted octanol–water partition coefficient (Wildman–Crippen LogP) is 0.0926. The lowest BCUT2D eigenvalue weighted by atomic mass is 10.0. The SMILES string of the molecule is CCC(C)(N)CNO. The van der Waals surface area contributed by atoms with Crippen LogP contribution in [0.25, 0.3) is 0 Å². The van der Waals surface area contributed by atoms with Crippen molar-refractivity contribution >= 4 is 0 Å². The molecule has 0 saturated carbocycles. The zero-order chi connectivity index (χ0) is 6.62. The molecule has 0 aliphatic heterocycles. The summed E-state index contributed by atoms with van der Waals surface area (Å²) in [6, 6.07) is 0. The minimum absolute atomic E-state index is 0.269. The minimum atomic E-state index is -0.269. The fourth-order valence-corrected chi connectivity index (χ4v) is 0.306. The molecule has 0 radical (unpaired) electrons. The van der Waals surface area contributed by atoms with Crippen LogP contribution in [0.3, 0.4) is 0 Å². The van der Waals surface area contributed by atoms with Crippen LogP contribution >= 0.6 is 0 Å². The number of rotatable bonds is 3. The summed E-state index contributed by atoms with van der Waals surface area (Å²) in [5.74, 6) is 0. The molecule has 1 atom stereocenters. The first-order valence-corrected chi connectivity index (χ1v) is 2.78. The highest BCUT2D eigenvalue weighted by Crippen LogP contribution is 2.00. The standard InChI is InChI=1S/C5H14N2O/c1-3-5(2,6)4-7-8/h7-8H,3-4,6H2,1-2H3. The van der Waals surface area contributed by atoms with Crippen LogP contribution in [0, 0.1) is 0 Å². The molecule has 8 heavy (non-hydrogen) atoms. The maximum atomic E-state index is 8.20. The van der Waals surface area contributed by atoms with Crippen LogP contribution in [0.2, 0.25) is 0 Å². The van der Waals surface area contributed by atoms with Crippen LogP contribution in [-0.4, -0.2) is 17.3 Å². The molecule has 50 valence electrons. The van der Waals surface area contributed by atoms with Crippen molar-refractivity contribution in [3.05, 3.63) is 0 Å². The summed E-state index contributed by atoms with van der Waals surface area (Å²) in [5.41, 5.74) is 7.37. The van der Waals surface area contributed by atoms with Crippen molar-refractivity contribution in [2.75, 3.05) is 6.54 Å². The first-order chi connectivity index (χ1) is 3.62. The van der Waals surface area contributed by atoms with Gasteiger partial charge in [0.05, 0.1) is 0 Å². The van der Waals surface area contributed by atoms with Gasteiger partial charge in [0.15, 0.2) is 0 Å². The molecule has 4 N–H and O–H groups in total. The minimum Gasteiger partial charge on any atom is -0.324 e. The van der Waals surface area contributed by atoms with Crippen molar-refractivity contribution in [3.8, 4) is 0 Å². The lowest BCUT2D eigenvalue weighted by Crippen LogP contribution is -2.44. The van der Waals surface area contributed by atoms with Gasteiger partial charge in [0, 0.05) is 12.1 Å². The quantitative estimate of drug-likeness (QED) is 0.460. The van der Waals surface area contributed by atoms with Gasteiger partial charge in [-0.2, -0.15) is 0 Å². The number of hydrogen-bond donors (Lipinski definition) is 3. The van der Waals surface area contributed by atoms with Crippen LogP contribution in [0.1, 0.15) is 20.3 Å². The van der Waals surface area contributed by atoms with Crippen molar-refractivity contribution in [1.29, 1.82) is 0 Å². The molecule has 0 aliphatic carbocycles. The molecule has 0 aromatic carbocycles. The Morgan fingerprint density at radius 2 is 2.25 bits per heavy atom. The van der Waals surface area contributed by atoms with Crippen LogP contribution in [-0.2, 0) is 0 Å². The van der Waals surface area contributed by atoms with Gasteiger partial charge in [0.1, 0.15) is 0 Å². The van der Waals surface area contributed by atoms with Gasteiger partial charge in [-0.1, -0.05) is 6.92 Å². The summed E-state index contributed by atoms with van der Waals surface area (Å²) in [6.07, 6.45) is 0.862. The first kappa shape index (κ1) is 7.88. The highest BCUT2D eigenvalue weighted by Gasteiger charge is 2.13. The molecule has 3 heteroatoms. The second-order valence-electron chi connectivity index (χ2n) is 2.34. The number of nitrogens with two attached hydrogens (primary N) is 1. The second-order valence-corrected chi connectivity index (χ2v) is 2.34. The summed E-state index contributed by atoms with van der Waals surface area (Å²) in [4.78, 5) is 0. The fraction of sp³-hybridized carbons (Fsp3) is 1.00. The van der Waals surface area contributed by atoms with E-state index in [9.17, 15) is 0 Å². The van der Waals surface area contributed by atoms with Crippen LogP contribution < -0.4 is 11.2 Å². The molecule has 0 aliphatic rings. The van der Waals surface area contributed by atoms with Gasteiger partial charge in [-0.25, -0.2) is 5.48 Å². The van der Waals surface area contributed by atoms with Gasteiger partial charge in [-0.15, -0.1) is 0 Å². The lowest BCUT2D eigenvalue weighted by Gasteiger charge is -2.20. The van der Waals surface area contributed by atoms with Gasteiger partial charge < -0.3 is 10.9 Å². The van der Waals surface area contributed by atoms with Crippen molar-refractivity contribution in [1.82, 2.24) is 5.48 Å². The maximum absolute atomic E-state index is 8.20. The third kappa shape index (κ3) is 2.96. The molecule has 0 amide bonds. The summed E-state index contributed by atoms with van der Waals surface area (Å²) >= 11 is 0. The average molecular weight is 118 g/mol. The molecule has 0 spiro atoms. The van der Waals surface area contributed by atoms with E-state index in [1.165, 1.54) is 0 Å². The highest BCUT2D eigenvalue weighted by molar-refractivity contribution is 4.76. The number of hydroxylamine groups is 1. The third-order valence-corrected chi connectivity index (χ3v) is 1.29. The molecule has 0 fully saturated rings. The van der Waals surface area contributed by atoms with E-state index in [4.69, 9.17) is 10.9 Å². The Balaban J connectivity index is 3.37.